The first-order valence-corrected chi connectivity index (χ1v) is 16.3. The monoisotopic (exact) mass is 699 g/mol. The first kappa shape index (κ1) is 40.9. The van der Waals surface area contributed by atoms with Gasteiger partial charge < -0.3 is 41.1 Å². The fourth-order valence-corrected chi connectivity index (χ4v) is 4.89. The molecule has 15 heteroatoms. The Kier molecular flexibility index (Phi) is 18.3. The second-order valence-corrected chi connectivity index (χ2v) is 11.7. The topological polar surface area (TPSA) is 246 Å². The molecule has 2 aromatic carbocycles. The van der Waals surface area contributed by atoms with Crippen molar-refractivity contribution in [3.8, 4) is 5.75 Å². The van der Waals surface area contributed by atoms with Crippen molar-refractivity contribution in [1.82, 2.24) is 16.0 Å². The Labute approximate surface area is 289 Å². The molecule has 0 spiro atoms. The molecule has 2 aromatic rings. The summed E-state index contributed by atoms with van der Waals surface area (Å²) in [5.74, 6) is -5.65. The molecule has 0 saturated carbocycles. The third-order valence-corrected chi connectivity index (χ3v) is 7.61. The summed E-state index contributed by atoms with van der Waals surface area (Å²) in [5, 5.41) is 44.6. The standard InChI is InChI=1S/C35H45N3O12/c39-26(14-15-28(34(47)48)38-35(49)36-17-4-9-32(43)44)8-5-18-50-19-16-31(42)37-29(21-23-6-2-1-3-7-23)30(41)22-25(33(45)46)20-24-10-12-27(40)13-11-24/h1-3,6-7,10-13,25,28-29,40H,4-5,8-9,14-22H2,(H,37,42)(H,43,44)(H,45,46)(H,47,48)(H2,36,38,49)/t25-,28+,29+/m1/s1. The summed E-state index contributed by atoms with van der Waals surface area (Å²) >= 11 is 0. The summed E-state index contributed by atoms with van der Waals surface area (Å²) in [4.78, 5) is 84.2. The fraction of sp³-hybridized carbons (Fsp3) is 0.457. The van der Waals surface area contributed by atoms with E-state index < -0.39 is 53.6 Å². The first-order valence-electron chi connectivity index (χ1n) is 16.3. The van der Waals surface area contributed by atoms with Gasteiger partial charge in [0.2, 0.25) is 5.91 Å². The Hall–Kier alpha value is -5.31. The lowest BCUT2D eigenvalue weighted by atomic mass is 9.90. The van der Waals surface area contributed by atoms with Gasteiger partial charge in [-0.15, -0.1) is 0 Å². The number of aliphatic carboxylic acids is 3. The highest BCUT2D eigenvalue weighted by Crippen LogP contribution is 2.18. The van der Waals surface area contributed by atoms with Gasteiger partial charge in [0, 0.05) is 45.3 Å². The molecule has 7 N–H and O–H groups in total. The number of carboxylic acid groups (broad SMARTS) is 3. The Morgan fingerprint density at radius 2 is 1.36 bits per heavy atom. The van der Waals surface area contributed by atoms with Crippen molar-refractivity contribution < 1.29 is 58.7 Å². The van der Waals surface area contributed by atoms with Gasteiger partial charge in [0.15, 0.2) is 5.78 Å². The van der Waals surface area contributed by atoms with Gasteiger partial charge in [-0.1, -0.05) is 42.5 Å². The minimum Gasteiger partial charge on any atom is -0.508 e. The normalized spacial score (nSPS) is 12.6. The number of ether oxygens (including phenoxy) is 1. The molecule has 0 unspecified atom stereocenters. The van der Waals surface area contributed by atoms with Gasteiger partial charge in [-0.3, -0.25) is 24.0 Å². The van der Waals surface area contributed by atoms with Crippen LogP contribution in [0.2, 0.25) is 0 Å². The number of hydrogen-bond donors (Lipinski definition) is 7. The number of carbonyl (C=O) groups is 7. The molecule has 0 aromatic heterocycles. The number of Topliss-reactive ketones (excluding diaryl/α,β-unsaturated/α-hetero) is 2. The van der Waals surface area contributed by atoms with Gasteiger partial charge in [0.1, 0.15) is 17.6 Å². The zero-order valence-corrected chi connectivity index (χ0v) is 27.7. The minimum absolute atomic E-state index is 0.00252. The second kappa shape index (κ2) is 22.3. The number of benzene rings is 2. The Morgan fingerprint density at radius 3 is 2.00 bits per heavy atom. The van der Waals surface area contributed by atoms with E-state index in [1.165, 1.54) is 12.1 Å². The number of amides is 3. The minimum atomic E-state index is -1.32. The highest BCUT2D eigenvalue weighted by Gasteiger charge is 2.28. The van der Waals surface area contributed by atoms with Crippen LogP contribution >= 0.6 is 0 Å². The summed E-state index contributed by atoms with van der Waals surface area (Å²) in [6, 6.07) is 12.0. The molecule has 50 heavy (non-hydrogen) atoms. The van der Waals surface area contributed by atoms with Crippen molar-refractivity contribution in [1.29, 1.82) is 0 Å². The quantitative estimate of drug-likeness (QED) is 0.0739. The van der Waals surface area contributed by atoms with Crippen molar-refractivity contribution in [2.45, 2.75) is 76.3 Å². The van der Waals surface area contributed by atoms with Crippen LogP contribution in [0.1, 0.15) is 62.5 Å². The van der Waals surface area contributed by atoms with E-state index in [9.17, 15) is 48.9 Å². The van der Waals surface area contributed by atoms with Crippen LogP contribution in [0, 0.1) is 5.92 Å². The summed E-state index contributed by atoms with van der Waals surface area (Å²) in [6.45, 7) is 0.188. The third-order valence-electron chi connectivity index (χ3n) is 7.61. The van der Waals surface area contributed by atoms with Gasteiger partial charge in [0.25, 0.3) is 0 Å². The Balaban J connectivity index is 1.77. The molecule has 3 atom stereocenters. The Bertz CT molecular complexity index is 1430. The van der Waals surface area contributed by atoms with Crippen molar-refractivity contribution in [3.63, 3.8) is 0 Å². The molecule has 0 saturated heterocycles. The average Bonchev–Trinajstić information content (AvgIpc) is 3.07. The largest absolute Gasteiger partial charge is 0.508 e. The second-order valence-electron chi connectivity index (χ2n) is 11.7. The lowest BCUT2D eigenvalue weighted by Gasteiger charge is -2.20. The van der Waals surface area contributed by atoms with E-state index in [4.69, 9.17) is 9.84 Å². The van der Waals surface area contributed by atoms with Crippen molar-refractivity contribution in [2.75, 3.05) is 19.8 Å². The van der Waals surface area contributed by atoms with Crippen LogP contribution in [0.25, 0.3) is 0 Å². The molecule has 2 rings (SSSR count). The van der Waals surface area contributed by atoms with Crippen LogP contribution in [0.4, 0.5) is 4.79 Å². The van der Waals surface area contributed by atoms with E-state index in [1.807, 2.05) is 6.07 Å². The summed E-state index contributed by atoms with van der Waals surface area (Å²) in [6.07, 6.45) is 0.00842. The van der Waals surface area contributed by atoms with Gasteiger partial charge in [-0.25, -0.2) is 9.59 Å². The number of rotatable bonds is 25. The number of carbonyl (C=O) groups excluding carboxylic acids is 4. The highest BCUT2D eigenvalue weighted by atomic mass is 16.5. The van der Waals surface area contributed by atoms with Crippen LogP contribution < -0.4 is 16.0 Å². The van der Waals surface area contributed by atoms with Gasteiger partial charge in [-0.2, -0.15) is 0 Å². The van der Waals surface area contributed by atoms with Crippen molar-refractivity contribution >= 4 is 41.4 Å². The highest BCUT2D eigenvalue weighted by molar-refractivity contribution is 5.91. The van der Waals surface area contributed by atoms with Gasteiger partial charge in [0.05, 0.1) is 18.6 Å². The molecule has 272 valence electrons. The predicted molar refractivity (Wildman–Crippen MR) is 178 cm³/mol. The van der Waals surface area contributed by atoms with E-state index in [2.05, 4.69) is 16.0 Å². The number of ketones is 2. The van der Waals surface area contributed by atoms with Crippen LogP contribution in [-0.2, 0) is 46.3 Å². The molecular formula is C35H45N3O12. The fourth-order valence-electron chi connectivity index (χ4n) is 4.89. The van der Waals surface area contributed by atoms with E-state index in [1.54, 1.807) is 36.4 Å². The smallest absolute Gasteiger partial charge is 0.326 e. The molecule has 0 aliphatic rings. The zero-order chi connectivity index (χ0) is 36.9. The molecule has 0 radical (unpaired) electrons. The zero-order valence-electron chi connectivity index (χ0n) is 27.7. The van der Waals surface area contributed by atoms with E-state index >= 15 is 0 Å². The first-order chi connectivity index (χ1) is 23.8. The van der Waals surface area contributed by atoms with Crippen LogP contribution in [-0.4, -0.2) is 93.7 Å². The molecule has 0 heterocycles. The van der Waals surface area contributed by atoms with Gasteiger partial charge in [-0.05, 0) is 55.4 Å². The number of hydrogen-bond acceptors (Lipinski definition) is 9. The molecule has 0 fully saturated rings. The SMILES string of the molecule is O=C(O)CCCNC(=O)N[C@@H](CCC(=O)CCCOCCC(=O)N[C@@H](Cc1ccccc1)C(=O)C[C@@H](Cc1ccc(O)cc1)C(=O)O)C(=O)O. The number of carboxylic acids is 3. The van der Waals surface area contributed by atoms with E-state index in [0.29, 0.717) is 12.0 Å². The summed E-state index contributed by atoms with van der Waals surface area (Å²) < 4.78 is 5.47. The van der Waals surface area contributed by atoms with Crippen LogP contribution in [0.5, 0.6) is 5.75 Å². The van der Waals surface area contributed by atoms with E-state index in [-0.39, 0.29) is 89.1 Å². The molecule has 0 aliphatic heterocycles. The maximum Gasteiger partial charge on any atom is 0.326 e. The molecular weight excluding hydrogens is 654 g/mol. The van der Waals surface area contributed by atoms with Gasteiger partial charge >= 0.3 is 23.9 Å². The summed E-state index contributed by atoms with van der Waals surface area (Å²) in [5.41, 5.74) is 1.42. The molecule has 15 nitrogen and oxygen atoms in total. The average molecular weight is 700 g/mol. The molecule has 0 bridgehead atoms. The maximum absolute atomic E-state index is 13.3. The summed E-state index contributed by atoms with van der Waals surface area (Å²) in [7, 11) is 0. The van der Waals surface area contributed by atoms with Crippen LogP contribution in [0.15, 0.2) is 54.6 Å². The van der Waals surface area contributed by atoms with Crippen molar-refractivity contribution in [2.24, 2.45) is 5.92 Å². The predicted octanol–water partition coefficient (Wildman–Crippen LogP) is 2.48. The molecule has 0 aliphatic carbocycles. The number of phenolic OH excluding ortho intramolecular Hbond substituents is 1. The van der Waals surface area contributed by atoms with Crippen LogP contribution in [0.3, 0.4) is 0 Å². The maximum atomic E-state index is 13.3. The molecule has 3 amide bonds. The number of nitrogens with one attached hydrogen (secondary N) is 3. The lowest BCUT2D eigenvalue weighted by molar-refractivity contribution is -0.144. The number of aromatic hydroxyl groups is 1. The van der Waals surface area contributed by atoms with Crippen molar-refractivity contribution in [3.05, 3.63) is 65.7 Å². The third kappa shape index (κ3) is 17.2. The number of phenols is 1. The number of urea groups is 1. The Morgan fingerprint density at radius 1 is 0.680 bits per heavy atom. The van der Waals surface area contributed by atoms with E-state index in [0.717, 1.165) is 5.56 Å². The lowest BCUT2D eigenvalue weighted by Crippen LogP contribution is -2.46.